The highest BCUT2D eigenvalue weighted by Gasteiger charge is 2.36. The Kier molecular flexibility index (Phi) is 5.35. The van der Waals surface area contributed by atoms with Crippen molar-refractivity contribution in [3.63, 3.8) is 0 Å². The number of esters is 1. The van der Waals surface area contributed by atoms with E-state index in [0.717, 1.165) is 6.42 Å². The largest absolute Gasteiger partial charge is 0.458 e. The molecule has 0 spiro atoms. The average Bonchev–Trinajstić information content (AvgIpc) is 2.72. The lowest BCUT2D eigenvalue weighted by molar-refractivity contribution is -0.164. The molecular weight excluding hydrogens is 246 g/mol. The predicted molar refractivity (Wildman–Crippen MR) is 71.7 cm³/mol. The summed E-state index contributed by atoms with van der Waals surface area (Å²) in [4.78, 5) is 25.7. The van der Waals surface area contributed by atoms with Crippen molar-refractivity contribution in [2.45, 2.75) is 65.2 Å². The van der Waals surface area contributed by atoms with E-state index in [1.807, 2.05) is 34.6 Å². The molecule has 1 atom stereocenters. The van der Waals surface area contributed by atoms with E-state index in [-0.39, 0.29) is 24.6 Å². The van der Waals surface area contributed by atoms with Crippen LogP contribution >= 0.6 is 0 Å². The fourth-order valence-corrected chi connectivity index (χ4v) is 2.00. The molecular formula is C14H25NO4. The summed E-state index contributed by atoms with van der Waals surface area (Å²) in [6, 6.07) is -0.456. The van der Waals surface area contributed by atoms with Crippen molar-refractivity contribution in [1.82, 2.24) is 4.90 Å². The number of carbonyl (C=O) groups excluding carboxylic acids is 2. The second kappa shape index (κ2) is 6.37. The molecule has 0 radical (unpaired) electrons. The Bertz CT molecular complexity index is 333. The highest BCUT2D eigenvalue weighted by Crippen LogP contribution is 2.21. The summed E-state index contributed by atoms with van der Waals surface area (Å²) < 4.78 is 10.7. The van der Waals surface area contributed by atoms with Crippen LogP contribution in [0.4, 0.5) is 0 Å². The second-order valence-corrected chi connectivity index (χ2v) is 6.14. The second-order valence-electron chi connectivity index (χ2n) is 6.14. The zero-order valence-corrected chi connectivity index (χ0v) is 12.6. The molecule has 0 aromatic rings. The van der Waals surface area contributed by atoms with Gasteiger partial charge in [0.15, 0.2) is 0 Å². The molecule has 110 valence electrons. The quantitative estimate of drug-likeness (QED) is 0.731. The Morgan fingerprint density at radius 2 is 1.95 bits per heavy atom. The number of hydrogen-bond acceptors (Lipinski definition) is 4. The molecule has 1 aliphatic rings. The fraction of sp³-hybridized carbons (Fsp3) is 0.857. The van der Waals surface area contributed by atoms with Gasteiger partial charge in [0.2, 0.25) is 5.91 Å². The summed E-state index contributed by atoms with van der Waals surface area (Å²) in [5.74, 6) is -0.454. The number of ether oxygens (including phenoxy) is 2. The van der Waals surface area contributed by atoms with Crippen LogP contribution in [0.5, 0.6) is 0 Å². The van der Waals surface area contributed by atoms with E-state index in [1.54, 1.807) is 4.90 Å². The molecule has 1 aliphatic heterocycles. The third kappa shape index (κ3) is 5.19. The summed E-state index contributed by atoms with van der Waals surface area (Å²) in [7, 11) is 0. The van der Waals surface area contributed by atoms with Gasteiger partial charge in [0.05, 0.1) is 6.10 Å². The summed E-state index contributed by atoms with van der Waals surface area (Å²) in [5.41, 5.74) is -0.525. The molecule has 0 bridgehead atoms. The molecule has 5 heteroatoms. The standard InChI is InChI=1S/C14H25NO4/c1-10(2)18-9-12(16)15-8-6-7-11(15)13(17)19-14(3,4)5/h10-11H,6-9H2,1-5H3/t11-/m0/s1. The lowest BCUT2D eigenvalue weighted by atomic mass is 10.1. The fourth-order valence-electron chi connectivity index (χ4n) is 2.00. The topological polar surface area (TPSA) is 55.8 Å². The lowest BCUT2D eigenvalue weighted by Crippen LogP contribution is -2.45. The summed E-state index contributed by atoms with van der Waals surface area (Å²) in [5, 5.41) is 0. The van der Waals surface area contributed by atoms with Gasteiger partial charge in [0, 0.05) is 6.54 Å². The Morgan fingerprint density at radius 3 is 2.47 bits per heavy atom. The minimum Gasteiger partial charge on any atom is -0.458 e. The first kappa shape index (κ1) is 16.0. The summed E-state index contributed by atoms with van der Waals surface area (Å²) >= 11 is 0. The lowest BCUT2D eigenvalue weighted by Gasteiger charge is -2.27. The highest BCUT2D eigenvalue weighted by molar-refractivity contribution is 5.86. The molecule has 19 heavy (non-hydrogen) atoms. The van der Waals surface area contributed by atoms with Crippen molar-refractivity contribution in [3.8, 4) is 0 Å². The zero-order chi connectivity index (χ0) is 14.6. The third-order valence-corrected chi connectivity index (χ3v) is 2.79. The maximum Gasteiger partial charge on any atom is 0.329 e. The molecule has 0 aromatic carbocycles. The van der Waals surface area contributed by atoms with E-state index >= 15 is 0 Å². The SMILES string of the molecule is CC(C)OCC(=O)N1CCC[C@H]1C(=O)OC(C)(C)C. The van der Waals surface area contributed by atoms with E-state index in [0.29, 0.717) is 13.0 Å². The molecule has 0 saturated carbocycles. The van der Waals surface area contributed by atoms with Crippen LogP contribution in [0.15, 0.2) is 0 Å². The van der Waals surface area contributed by atoms with Gasteiger partial charge in [-0.05, 0) is 47.5 Å². The first-order valence-electron chi connectivity index (χ1n) is 6.84. The van der Waals surface area contributed by atoms with Crippen molar-refractivity contribution in [2.24, 2.45) is 0 Å². The van der Waals surface area contributed by atoms with Gasteiger partial charge in [-0.1, -0.05) is 0 Å². The van der Waals surface area contributed by atoms with Crippen LogP contribution < -0.4 is 0 Å². The molecule has 0 N–H and O–H groups in total. The van der Waals surface area contributed by atoms with Crippen LogP contribution in [-0.2, 0) is 19.1 Å². The van der Waals surface area contributed by atoms with Gasteiger partial charge in [-0.2, -0.15) is 0 Å². The minimum atomic E-state index is -0.525. The van der Waals surface area contributed by atoms with Crippen molar-refractivity contribution < 1.29 is 19.1 Å². The molecule has 1 heterocycles. The van der Waals surface area contributed by atoms with Gasteiger partial charge >= 0.3 is 5.97 Å². The molecule has 0 aromatic heterocycles. The minimum absolute atomic E-state index is 0.00605. The molecule has 0 aliphatic carbocycles. The molecule has 1 saturated heterocycles. The molecule has 1 rings (SSSR count). The van der Waals surface area contributed by atoms with Crippen LogP contribution in [0.1, 0.15) is 47.5 Å². The van der Waals surface area contributed by atoms with Gasteiger partial charge in [-0.15, -0.1) is 0 Å². The van der Waals surface area contributed by atoms with E-state index < -0.39 is 11.6 Å². The maximum absolute atomic E-state index is 12.1. The average molecular weight is 271 g/mol. The van der Waals surface area contributed by atoms with E-state index in [1.165, 1.54) is 0 Å². The Morgan fingerprint density at radius 1 is 1.32 bits per heavy atom. The monoisotopic (exact) mass is 271 g/mol. The third-order valence-electron chi connectivity index (χ3n) is 2.79. The number of amides is 1. The molecule has 5 nitrogen and oxygen atoms in total. The van der Waals surface area contributed by atoms with Crippen LogP contribution in [0, 0.1) is 0 Å². The maximum atomic E-state index is 12.1. The summed E-state index contributed by atoms with van der Waals surface area (Å²) in [6.45, 7) is 9.86. The molecule has 0 unspecified atom stereocenters. The van der Waals surface area contributed by atoms with Gasteiger partial charge in [0.25, 0.3) is 0 Å². The van der Waals surface area contributed by atoms with Crippen LogP contribution in [-0.4, -0.2) is 47.7 Å². The van der Waals surface area contributed by atoms with Crippen molar-refractivity contribution in [1.29, 1.82) is 0 Å². The number of hydrogen-bond donors (Lipinski definition) is 0. The van der Waals surface area contributed by atoms with Crippen molar-refractivity contribution >= 4 is 11.9 Å². The highest BCUT2D eigenvalue weighted by atomic mass is 16.6. The Hall–Kier alpha value is -1.10. The predicted octanol–water partition coefficient (Wildman–Crippen LogP) is 1.74. The normalized spacial score (nSPS) is 19.9. The zero-order valence-electron chi connectivity index (χ0n) is 12.6. The Balaban J connectivity index is 2.58. The van der Waals surface area contributed by atoms with E-state index in [9.17, 15) is 9.59 Å². The van der Waals surface area contributed by atoms with Crippen molar-refractivity contribution in [2.75, 3.05) is 13.2 Å². The van der Waals surface area contributed by atoms with Gasteiger partial charge in [0.1, 0.15) is 18.2 Å². The van der Waals surface area contributed by atoms with E-state index in [4.69, 9.17) is 9.47 Å². The van der Waals surface area contributed by atoms with Crippen LogP contribution in [0.2, 0.25) is 0 Å². The molecule has 1 fully saturated rings. The summed E-state index contributed by atoms with van der Waals surface area (Å²) in [6.07, 6.45) is 1.51. The first-order valence-corrected chi connectivity index (χ1v) is 6.84. The smallest absolute Gasteiger partial charge is 0.329 e. The molecule has 1 amide bonds. The Labute approximate surface area is 115 Å². The first-order chi connectivity index (χ1) is 8.70. The number of likely N-dealkylation sites (tertiary alicyclic amines) is 1. The van der Waals surface area contributed by atoms with E-state index in [2.05, 4.69) is 0 Å². The number of rotatable bonds is 4. The van der Waals surface area contributed by atoms with Crippen LogP contribution in [0.3, 0.4) is 0 Å². The van der Waals surface area contributed by atoms with Crippen LogP contribution in [0.25, 0.3) is 0 Å². The number of carbonyl (C=O) groups is 2. The van der Waals surface area contributed by atoms with Gasteiger partial charge in [-0.3, -0.25) is 4.79 Å². The number of nitrogens with zero attached hydrogens (tertiary/aromatic N) is 1. The van der Waals surface area contributed by atoms with Gasteiger partial charge in [-0.25, -0.2) is 4.79 Å². The van der Waals surface area contributed by atoms with Gasteiger partial charge < -0.3 is 14.4 Å². The van der Waals surface area contributed by atoms with Crippen molar-refractivity contribution in [3.05, 3.63) is 0 Å².